The van der Waals surface area contributed by atoms with Gasteiger partial charge in [0.25, 0.3) is 11.0 Å². The molecule has 8 heteroatoms. The number of hydrogen-bond donors (Lipinski definition) is 1. The van der Waals surface area contributed by atoms with E-state index in [9.17, 15) is 16.8 Å². The predicted octanol–water partition coefficient (Wildman–Crippen LogP) is -1.08. The minimum Gasteiger partial charge on any atom is -0.248 e. The van der Waals surface area contributed by atoms with Crippen LogP contribution in [0, 0.1) is 0 Å². The summed E-state index contributed by atoms with van der Waals surface area (Å²) in [5.74, 6) is 0. The molecule has 0 radical (unpaired) electrons. The molecule has 0 N–H and O–H groups in total. The third-order valence-electron chi connectivity index (χ3n) is 0.414. The zero-order valence-corrected chi connectivity index (χ0v) is 6.72. The van der Waals surface area contributed by atoms with E-state index >= 15 is 0 Å². The highest BCUT2D eigenvalue weighted by atomic mass is 32.3. The maximum absolute atomic E-state index is 10.2. The summed E-state index contributed by atoms with van der Waals surface area (Å²) in [6.45, 7) is 1.23. The fourth-order valence-corrected chi connectivity index (χ4v) is 1.30. The van der Waals surface area contributed by atoms with Crippen molar-refractivity contribution in [2.24, 2.45) is 0 Å². The van der Waals surface area contributed by atoms with E-state index in [2.05, 4.69) is 7.81 Å². The van der Waals surface area contributed by atoms with Crippen LogP contribution >= 0.6 is 0 Å². The first-order valence-electron chi connectivity index (χ1n) is 2.21. The molecule has 0 bridgehead atoms. The SMILES string of the molecule is CCOS(=O)(=O)O[SH](=O)=O.[H+]. The van der Waals surface area contributed by atoms with Crippen LogP contribution in [0.3, 0.4) is 0 Å². The molecule has 0 aromatic heterocycles. The van der Waals surface area contributed by atoms with Crippen molar-refractivity contribution in [1.82, 2.24) is 0 Å². The van der Waals surface area contributed by atoms with Gasteiger partial charge in [-0.1, -0.05) is 0 Å². The predicted molar refractivity (Wildman–Crippen MR) is 33.1 cm³/mol. The van der Waals surface area contributed by atoms with E-state index in [0.717, 1.165) is 0 Å². The van der Waals surface area contributed by atoms with E-state index in [4.69, 9.17) is 0 Å². The Balaban J connectivity index is 0. The molecule has 0 aromatic carbocycles. The second-order valence-corrected chi connectivity index (χ2v) is 3.21. The molecule has 0 amide bonds. The molecular weight excluding hydrogens is 184 g/mol. The van der Waals surface area contributed by atoms with Crippen molar-refractivity contribution >= 4 is 21.4 Å². The minimum atomic E-state index is -4.33. The third-order valence-corrected chi connectivity index (χ3v) is 2.16. The Kier molecular flexibility index (Phi) is 3.79. The second kappa shape index (κ2) is 3.86. The van der Waals surface area contributed by atoms with Gasteiger partial charge in [-0.05, 0) is 6.92 Å². The van der Waals surface area contributed by atoms with E-state index in [0.29, 0.717) is 0 Å². The zero-order chi connectivity index (χ0) is 8.20. The van der Waals surface area contributed by atoms with Gasteiger partial charge in [-0.2, -0.15) is 8.42 Å². The molecule has 0 aromatic rings. The monoisotopic (exact) mass is 191 g/mol. The summed E-state index contributed by atoms with van der Waals surface area (Å²) < 4.78 is 47.0. The first kappa shape index (κ1) is 9.82. The van der Waals surface area contributed by atoms with Crippen LogP contribution in [0.5, 0.6) is 0 Å². The van der Waals surface area contributed by atoms with Crippen molar-refractivity contribution in [1.29, 1.82) is 0 Å². The normalized spacial score (nSPS) is 12.2. The summed E-state index contributed by atoms with van der Waals surface area (Å²) in [6.07, 6.45) is 0. The molecule has 0 spiro atoms. The summed E-state index contributed by atoms with van der Waals surface area (Å²) in [7, 11) is -7.74. The van der Waals surface area contributed by atoms with Gasteiger partial charge in [-0.3, -0.25) is 0 Å². The standard InChI is InChI=1S/C2H6O6S2/c1-2-7-10(5,6)8-9(3)4/h9H,2H2,1H3/p+1. The molecule has 10 heavy (non-hydrogen) atoms. The van der Waals surface area contributed by atoms with E-state index in [1.165, 1.54) is 6.92 Å². The Morgan fingerprint density at radius 2 is 2.00 bits per heavy atom. The molecule has 0 saturated heterocycles. The van der Waals surface area contributed by atoms with Crippen LogP contribution in [0.25, 0.3) is 0 Å². The maximum atomic E-state index is 10.2. The van der Waals surface area contributed by atoms with Gasteiger partial charge in [0, 0.05) is 0 Å². The van der Waals surface area contributed by atoms with Crippen LogP contribution in [0.15, 0.2) is 0 Å². The quantitative estimate of drug-likeness (QED) is 0.569. The average molecular weight is 191 g/mol. The second-order valence-electron chi connectivity index (χ2n) is 1.11. The molecule has 0 aliphatic heterocycles. The molecule has 0 saturated carbocycles. The van der Waals surface area contributed by atoms with Gasteiger partial charge in [0.2, 0.25) is 0 Å². The lowest BCUT2D eigenvalue weighted by molar-refractivity contribution is 0.292. The molecular formula is C2H7O6S2+. The van der Waals surface area contributed by atoms with Gasteiger partial charge in [0.1, 0.15) is 0 Å². The highest BCUT2D eigenvalue weighted by Crippen LogP contribution is 1.93. The first-order chi connectivity index (χ1) is 4.48. The number of thiol groups is 1. The Morgan fingerprint density at radius 3 is 2.30 bits per heavy atom. The summed E-state index contributed by atoms with van der Waals surface area (Å²) in [5.41, 5.74) is 0. The van der Waals surface area contributed by atoms with Gasteiger partial charge in [-0.15, -0.1) is 3.63 Å². The Morgan fingerprint density at radius 1 is 1.50 bits per heavy atom. The third kappa shape index (κ3) is 4.68. The van der Waals surface area contributed by atoms with Crippen molar-refractivity contribution in [2.75, 3.05) is 6.61 Å². The average Bonchev–Trinajstić information content (AvgIpc) is 1.59. The molecule has 0 rings (SSSR count). The van der Waals surface area contributed by atoms with Crippen LogP contribution in [0.1, 0.15) is 8.35 Å². The van der Waals surface area contributed by atoms with E-state index in [1.807, 2.05) is 0 Å². The number of hydrogen-bond acceptors (Lipinski definition) is 6. The van der Waals surface area contributed by atoms with Crippen molar-refractivity contribution in [3.05, 3.63) is 0 Å². The summed E-state index contributed by atoms with van der Waals surface area (Å²) in [5, 5.41) is 0. The van der Waals surface area contributed by atoms with Gasteiger partial charge in [0.15, 0.2) is 0 Å². The van der Waals surface area contributed by atoms with Crippen molar-refractivity contribution in [3.63, 3.8) is 0 Å². The van der Waals surface area contributed by atoms with Gasteiger partial charge in [-0.25, -0.2) is 12.6 Å². The van der Waals surface area contributed by atoms with Crippen LogP contribution in [-0.4, -0.2) is 23.4 Å². The zero-order valence-electron chi connectivity index (χ0n) is 6.01. The summed E-state index contributed by atoms with van der Waals surface area (Å²) >= 11 is 0. The smallest absolute Gasteiger partial charge is 0.248 e. The summed E-state index contributed by atoms with van der Waals surface area (Å²) in [6, 6.07) is 0. The summed E-state index contributed by atoms with van der Waals surface area (Å²) in [4.78, 5) is 0. The van der Waals surface area contributed by atoms with Crippen LogP contribution < -0.4 is 0 Å². The van der Waals surface area contributed by atoms with Crippen molar-refractivity contribution in [2.45, 2.75) is 6.92 Å². The molecule has 0 unspecified atom stereocenters. The number of rotatable bonds is 4. The Bertz CT molecular complexity index is 244. The molecule has 0 fully saturated rings. The van der Waals surface area contributed by atoms with E-state index < -0.39 is 21.4 Å². The van der Waals surface area contributed by atoms with Crippen LogP contribution in [0.4, 0.5) is 0 Å². The molecule has 0 heterocycles. The lowest BCUT2D eigenvalue weighted by Gasteiger charge is -1.94. The molecule has 0 atom stereocenters. The lowest BCUT2D eigenvalue weighted by atomic mass is 10.9. The van der Waals surface area contributed by atoms with Crippen molar-refractivity contribution in [3.8, 4) is 0 Å². The topological polar surface area (TPSA) is 86.7 Å². The molecule has 0 aliphatic rings. The van der Waals surface area contributed by atoms with Crippen molar-refractivity contribution < 1.29 is 26.1 Å². The minimum absolute atomic E-state index is 0. The fraction of sp³-hybridized carbons (Fsp3) is 1.00. The van der Waals surface area contributed by atoms with Gasteiger partial charge in [0.05, 0.1) is 6.61 Å². The first-order valence-corrected chi connectivity index (χ1v) is 4.64. The molecule has 0 aliphatic carbocycles. The molecule has 62 valence electrons. The van der Waals surface area contributed by atoms with Crippen LogP contribution in [0.2, 0.25) is 0 Å². The Labute approximate surface area is 61.7 Å². The lowest BCUT2D eigenvalue weighted by Crippen LogP contribution is -2.08. The highest BCUT2D eigenvalue weighted by molar-refractivity contribution is 7.89. The van der Waals surface area contributed by atoms with E-state index in [1.54, 1.807) is 0 Å². The largest absolute Gasteiger partial charge is 1.00 e. The Hall–Kier alpha value is -0.180. The van der Waals surface area contributed by atoms with Crippen LogP contribution in [-0.2, 0) is 29.2 Å². The van der Waals surface area contributed by atoms with Gasteiger partial charge < -0.3 is 0 Å². The van der Waals surface area contributed by atoms with Gasteiger partial charge >= 0.3 is 11.8 Å². The maximum Gasteiger partial charge on any atom is 1.00 e. The fourth-order valence-electron chi connectivity index (χ4n) is 0.240. The molecule has 6 nitrogen and oxygen atoms in total. The highest BCUT2D eigenvalue weighted by Gasteiger charge is 2.11. The van der Waals surface area contributed by atoms with E-state index in [-0.39, 0.29) is 8.03 Å².